The Morgan fingerprint density at radius 1 is 1.15 bits per heavy atom. The highest BCUT2D eigenvalue weighted by Crippen LogP contribution is 2.36. The Morgan fingerprint density at radius 3 is 2.85 bits per heavy atom. The van der Waals surface area contributed by atoms with Crippen LogP contribution in [0.25, 0.3) is 10.9 Å². The average Bonchev–Trinajstić information content (AvgIpc) is 3.50. The summed E-state index contributed by atoms with van der Waals surface area (Å²) in [4.78, 5) is 41.8. The van der Waals surface area contributed by atoms with Crippen LogP contribution in [0.1, 0.15) is 12.8 Å². The van der Waals surface area contributed by atoms with Gasteiger partial charge in [-0.25, -0.2) is 4.79 Å². The maximum atomic E-state index is 12.7. The normalized spacial score (nSPS) is 23.1. The van der Waals surface area contributed by atoms with Crippen molar-refractivity contribution < 1.29 is 24.2 Å². The van der Waals surface area contributed by atoms with Gasteiger partial charge in [-0.3, -0.25) is 14.5 Å². The number of aromatic nitrogens is 1. The van der Waals surface area contributed by atoms with E-state index < -0.39 is 11.7 Å². The molecule has 11 heteroatoms. The zero-order valence-corrected chi connectivity index (χ0v) is 22.4. The highest BCUT2D eigenvalue weighted by Gasteiger charge is 2.38. The second kappa shape index (κ2) is 10.2. The van der Waals surface area contributed by atoms with Crippen molar-refractivity contribution in [3.8, 4) is 5.75 Å². The maximum Gasteiger partial charge on any atom is 0.414 e. The Morgan fingerprint density at radius 2 is 2.00 bits per heavy atom. The smallest absolute Gasteiger partial charge is 0.414 e. The van der Waals surface area contributed by atoms with Crippen LogP contribution < -0.4 is 20.5 Å². The minimum Gasteiger partial charge on any atom is -0.497 e. The summed E-state index contributed by atoms with van der Waals surface area (Å²) in [5.74, 6) is 0.988. The van der Waals surface area contributed by atoms with Crippen molar-refractivity contribution in [2.75, 3.05) is 49.3 Å². The molecule has 6 rings (SSSR count). The summed E-state index contributed by atoms with van der Waals surface area (Å²) < 4.78 is 12.6. The minimum atomic E-state index is -1.05. The lowest BCUT2D eigenvalue weighted by atomic mass is 10.0. The number of amides is 2. The van der Waals surface area contributed by atoms with E-state index in [1.54, 1.807) is 22.6 Å². The molecule has 2 atom stereocenters. The van der Waals surface area contributed by atoms with Gasteiger partial charge < -0.3 is 29.4 Å². The molecule has 2 aromatic carbocycles. The number of hydrogen-bond donors (Lipinski definition) is 2. The summed E-state index contributed by atoms with van der Waals surface area (Å²) in [6.07, 6.45) is 0.481. The van der Waals surface area contributed by atoms with Gasteiger partial charge >= 0.3 is 6.09 Å². The van der Waals surface area contributed by atoms with Crippen LogP contribution in [0, 0.1) is 0 Å². The number of nitrogens with one attached hydrogen (secondary N) is 1. The molecule has 10 nitrogen and oxygen atoms in total. The number of carbonyl (C=O) groups is 2. The van der Waals surface area contributed by atoms with E-state index in [0.29, 0.717) is 61.9 Å². The van der Waals surface area contributed by atoms with E-state index in [1.165, 1.54) is 17.8 Å². The molecule has 39 heavy (non-hydrogen) atoms. The first kappa shape index (κ1) is 25.7. The lowest BCUT2D eigenvalue weighted by Gasteiger charge is -2.25. The van der Waals surface area contributed by atoms with Crippen LogP contribution in [0.2, 0.25) is 0 Å². The summed E-state index contributed by atoms with van der Waals surface area (Å²) in [5.41, 5.74) is 0.917. The maximum absolute atomic E-state index is 12.7. The number of fused-ring (bicyclic) bond motifs is 2. The Hall–Kier alpha value is -3.54. The number of rotatable bonds is 7. The topological polar surface area (TPSA) is 113 Å². The first-order valence-electron chi connectivity index (χ1n) is 13.0. The van der Waals surface area contributed by atoms with Crippen LogP contribution in [-0.4, -0.2) is 77.3 Å². The van der Waals surface area contributed by atoms with E-state index in [4.69, 9.17) is 9.47 Å². The monoisotopic (exact) mass is 550 g/mol. The van der Waals surface area contributed by atoms with Crippen molar-refractivity contribution >= 4 is 46.0 Å². The molecule has 0 saturated carbocycles. The van der Waals surface area contributed by atoms with E-state index in [0.717, 1.165) is 15.8 Å². The van der Waals surface area contributed by atoms with Gasteiger partial charge in [-0.2, -0.15) is 0 Å². The minimum absolute atomic E-state index is 0.0536. The lowest BCUT2D eigenvalue weighted by molar-refractivity contribution is -0.113. The molecule has 3 aliphatic rings. The third-order valence-corrected chi connectivity index (χ3v) is 8.69. The molecule has 0 radical (unpaired) electrons. The first-order chi connectivity index (χ1) is 18.8. The van der Waals surface area contributed by atoms with Crippen LogP contribution in [0.4, 0.5) is 16.2 Å². The van der Waals surface area contributed by atoms with Crippen molar-refractivity contribution in [2.45, 2.75) is 36.0 Å². The predicted molar refractivity (Wildman–Crippen MR) is 149 cm³/mol. The molecule has 2 N–H and O–H groups in total. The highest BCUT2D eigenvalue weighted by atomic mass is 32.2. The number of thioether (sulfide) groups is 1. The van der Waals surface area contributed by atoms with Crippen molar-refractivity contribution in [2.24, 2.45) is 0 Å². The van der Waals surface area contributed by atoms with Crippen LogP contribution >= 0.6 is 11.8 Å². The van der Waals surface area contributed by atoms with Crippen molar-refractivity contribution in [1.82, 2.24) is 9.47 Å². The fourth-order valence-electron chi connectivity index (χ4n) is 5.56. The molecule has 3 aliphatic heterocycles. The van der Waals surface area contributed by atoms with Crippen LogP contribution in [0.15, 0.2) is 58.2 Å². The molecule has 1 unspecified atom stereocenters. The fraction of sp³-hybridized carbons (Fsp3) is 0.393. The Labute approximate surface area is 229 Å². The van der Waals surface area contributed by atoms with Gasteiger partial charge in [0.25, 0.3) is 5.56 Å². The quantitative estimate of drug-likeness (QED) is 0.462. The zero-order chi connectivity index (χ0) is 27.1. The van der Waals surface area contributed by atoms with Gasteiger partial charge in [0.15, 0.2) is 0 Å². The standard InChI is InChI=1S/C28H30N4O6S/c1-37-20-5-2-18-3-7-26(34)32(23(18)13-20)17-28(36)9-11-30(16-28)10-8-21-14-31(27(35)38-21)19-4-6-24-22(12-19)29-25(33)15-39-24/h2-7,12-13,21,36H,8-11,14-17H2,1H3,(H,29,33)/t21-,28?/m0/s1. The number of aliphatic hydroxyl groups is 1. The van der Waals surface area contributed by atoms with E-state index >= 15 is 0 Å². The molecule has 0 spiro atoms. The number of carbonyl (C=O) groups excluding carboxylic acids is 2. The molecule has 0 aliphatic carbocycles. The molecule has 0 bridgehead atoms. The molecule has 2 amide bonds. The lowest BCUT2D eigenvalue weighted by Crippen LogP contribution is -2.41. The van der Waals surface area contributed by atoms with E-state index in [2.05, 4.69) is 10.2 Å². The van der Waals surface area contributed by atoms with Gasteiger partial charge in [-0.05, 0) is 54.6 Å². The summed E-state index contributed by atoms with van der Waals surface area (Å²) in [6.45, 7) is 2.37. The van der Waals surface area contributed by atoms with Gasteiger partial charge in [-0.15, -0.1) is 11.8 Å². The molecule has 3 aromatic rings. The largest absolute Gasteiger partial charge is 0.497 e. The number of cyclic esters (lactones) is 1. The number of β-amino-alcohol motifs (C(OH)–C–C–N with tert-alkyl or cyclic N) is 1. The fourth-order valence-corrected chi connectivity index (χ4v) is 6.35. The van der Waals surface area contributed by atoms with Crippen LogP contribution in [0.3, 0.4) is 0 Å². The number of nitrogens with zero attached hydrogens (tertiary/aromatic N) is 3. The third kappa shape index (κ3) is 5.21. The van der Waals surface area contributed by atoms with Gasteiger partial charge in [0.05, 0.1) is 42.8 Å². The molecule has 2 saturated heterocycles. The number of ether oxygens (including phenoxy) is 2. The summed E-state index contributed by atoms with van der Waals surface area (Å²) in [7, 11) is 1.58. The van der Waals surface area contributed by atoms with E-state index in [9.17, 15) is 19.5 Å². The summed E-state index contributed by atoms with van der Waals surface area (Å²) in [6, 6.07) is 14.5. The number of anilines is 2. The van der Waals surface area contributed by atoms with Gasteiger partial charge in [0.2, 0.25) is 5.91 Å². The molecular formula is C28H30N4O6S. The van der Waals surface area contributed by atoms with Gasteiger partial charge in [0, 0.05) is 42.3 Å². The molecule has 2 fully saturated rings. The van der Waals surface area contributed by atoms with Crippen molar-refractivity contribution in [3.63, 3.8) is 0 Å². The number of hydrogen-bond acceptors (Lipinski definition) is 8. The predicted octanol–water partition coefficient (Wildman–Crippen LogP) is 2.91. The number of pyridine rings is 1. The number of likely N-dealkylation sites (tertiary alicyclic amines) is 1. The zero-order valence-electron chi connectivity index (χ0n) is 21.6. The van der Waals surface area contributed by atoms with Gasteiger partial charge in [-0.1, -0.05) is 0 Å². The van der Waals surface area contributed by atoms with Crippen LogP contribution in [0.5, 0.6) is 5.75 Å². The van der Waals surface area contributed by atoms with Crippen molar-refractivity contribution in [1.29, 1.82) is 0 Å². The molecule has 4 heterocycles. The Kier molecular flexibility index (Phi) is 6.74. The van der Waals surface area contributed by atoms with E-state index in [-0.39, 0.29) is 24.1 Å². The molecular weight excluding hydrogens is 520 g/mol. The first-order valence-corrected chi connectivity index (χ1v) is 14.0. The molecule has 204 valence electrons. The Balaban J connectivity index is 1.08. The highest BCUT2D eigenvalue weighted by molar-refractivity contribution is 8.00. The van der Waals surface area contributed by atoms with Gasteiger partial charge in [0.1, 0.15) is 11.9 Å². The second-order valence-electron chi connectivity index (χ2n) is 10.4. The average molecular weight is 551 g/mol. The second-order valence-corrected chi connectivity index (χ2v) is 11.4. The van der Waals surface area contributed by atoms with E-state index in [1.807, 2.05) is 36.4 Å². The summed E-state index contributed by atoms with van der Waals surface area (Å²) in [5, 5.41) is 15.2. The SMILES string of the molecule is COc1ccc2ccc(=O)n(CC3(O)CCN(CC[C@H]4CN(c5ccc6c(c5)NC(=O)CS6)C(=O)O4)C3)c2c1. The number of benzene rings is 2. The van der Waals surface area contributed by atoms with Crippen LogP contribution in [-0.2, 0) is 16.1 Å². The molecule has 1 aromatic heterocycles. The summed E-state index contributed by atoms with van der Waals surface area (Å²) >= 11 is 1.48. The van der Waals surface area contributed by atoms with Crippen molar-refractivity contribution in [3.05, 3.63) is 58.9 Å². The Bertz CT molecular complexity index is 1510. The third-order valence-electron chi connectivity index (χ3n) is 7.61. The number of methoxy groups -OCH3 is 1.